The van der Waals surface area contributed by atoms with Gasteiger partial charge >= 0.3 is 0 Å². The molecule has 0 saturated carbocycles. The maximum Gasteiger partial charge on any atom is 0.262 e. The summed E-state index contributed by atoms with van der Waals surface area (Å²) < 4.78 is 28.7. The fourth-order valence-electron chi connectivity index (χ4n) is 4.19. The predicted molar refractivity (Wildman–Crippen MR) is 137 cm³/mol. The zero-order valence-corrected chi connectivity index (χ0v) is 20.6. The fourth-order valence-corrected chi connectivity index (χ4v) is 5.51. The molecule has 3 aromatic rings. The number of carbonyl (C=O) groups excluding carboxylic acids is 2. The van der Waals surface area contributed by atoms with Gasteiger partial charge in [-0.3, -0.25) is 14.3 Å². The molecular formula is C27H27N3O4S. The molecule has 0 aliphatic carbocycles. The van der Waals surface area contributed by atoms with E-state index in [9.17, 15) is 18.0 Å². The Morgan fingerprint density at radius 3 is 2.46 bits per heavy atom. The first-order valence-corrected chi connectivity index (χ1v) is 12.7. The van der Waals surface area contributed by atoms with Crippen molar-refractivity contribution in [3.8, 4) is 0 Å². The topological polar surface area (TPSA) is 95.6 Å². The number of aryl methyl sites for hydroxylation is 2. The zero-order valence-electron chi connectivity index (χ0n) is 19.8. The van der Waals surface area contributed by atoms with Crippen LogP contribution < -0.4 is 10.0 Å². The SMILES string of the molecule is CC(=O)N1C=Cc2ccccc2[C@@H]1CC(=O)Nc1ccc(C)c(S(=O)(=O)Nc2cccc(C)c2)c1. The van der Waals surface area contributed by atoms with Gasteiger partial charge in [-0.25, -0.2) is 8.42 Å². The van der Waals surface area contributed by atoms with Gasteiger partial charge in [-0.15, -0.1) is 0 Å². The summed E-state index contributed by atoms with van der Waals surface area (Å²) in [6, 6.07) is 19.0. The third-order valence-electron chi connectivity index (χ3n) is 5.88. The van der Waals surface area contributed by atoms with E-state index in [1.54, 1.807) is 48.4 Å². The number of nitrogens with one attached hydrogen (secondary N) is 2. The normalized spacial score (nSPS) is 14.8. The van der Waals surface area contributed by atoms with E-state index in [0.29, 0.717) is 16.9 Å². The Hall–Kier alpha value is -3.91. The minimum atomic E-state index is -3.87. The Bertz CT molecular complexity index is 1430. The summed E-state index contributed by atoms with van der Waals surface area (Å²) in [6.45, 7) is 5.04. The summed E-state index contributed by atoms with van der Waals surface area (Å²) >= 11 is 0. The lowest BCUT2D eigenvalue weighted by Gasteiger charge is -2.32. The first kappa shape index (κ1) is 24.2. The summed E-state index contributed by atoms with van der Waals surface area (Å²) in [5, 5.41) is 2.80. The van der Waals surface area contributed by atoms with Gasteiger partial charge < -0.3 is 10.2 Å². The molecule has 1 heterocycles. The Morgan fingerprint density at radius 1 is 0.943 bits per heavy atom. The predicted octanol–water partition coefficient (Wildman–Crippen LogP) is 5.01. The molecule has 1 aliphatic rings. The van der Waals surface area contributed by atoms with Crippen LogP contribution in [-0.2, 0) is 19.6 Å². The van der Waals surface area contributed by atoms with E-state index in [-0.39, 0.29) is 23.1 Å². The first-order valence-electron chi connectivity index (χ1n) is 11.2. The van der Waals surface area contributed by atoms with Gasteiger partial charge in [-0.1, -0.05) is 42.5 Å². The monoisotopic (exact) mass is 489 g/mol. The molecule has 0 spiro atoms. The van der Waals surface area contributed by atoms with Crippen molar-refractivity contribution in [2.45, 2.75) is 38.1 Å². The van der Waals surface area contributed by atoms with Gasteiger partial charge in [0.2, 0.25) is 11.8 Å². The second-order valence-electron chi connectivity index (χ2n) is 8.59. The van der Waals surface area contributed by atoms with Crippen LogP contribution in [0.25, 0.3) is 6.08 Å². The molecule has 3 aromatic carbocycles. The van der Waals surface area contributed by atoms with Crippen molar-refractivity contribution in [1.82, 2.24) is 4.90 Å². The highest BCUT2D eigenvalue weighted by atomic mass is 32.2. The molecule has 1 atom stereocenters. The summed E-state index contributed by atoms with van der Waals surface area (Å²) in [4.78, 5) is 26.8. The summed E-state index contributed by atoms with van der Waals surface area (Å²) in [6.07, 6.45) is 3.57. The number of benzene rings is 3. The molecular weight excluding hydrogens is 462 g/mol. The quantitative estimate of drug-likeness (QED) is 0.509. The maximum atomic E-state index is 13.1. The lowest BCUT2D eigenvalue weighted by atomic mass is 9.93. The molecule has 0 unspecified atom stereocenters. The maximum absolute atomic E-state index is 13.1. The molecule has 0 saturated heterocycles. The lowest BCUT2D eigenvalue weighted by molar-refractivity contribution is -0.129. The van der Waals surface area contributed by atoms with Crippen molar-refractivity contribution in [2.24, 2.45) is 0 Å². The smallest absolute Gasteiger partial charge is 0.262 e. The molecule has 35 heavy (non-hydrogen) atoms. The van der Waals surface area contributed by atoms with Crippen LogP contribution >= 0.6 is 0 Å². The van der Waals surface area contributed by atoms with Crippen molar-refractivity contribution >= 4 is 39.3 Å². The minimum Gasteiger partial charge on any atom is -0.326 e. The standard InChI is InChI=1S/C27H27N3O4S/c1-18-7-6-9-23(15-18)29-35(33,34)26-16-22(12-11-19(26)2)28-27(32)17-25-24-10-5-4-8-21(24)13-14-30(25)20(3)31/h4-16,25,29H,17H2,1-3H3,(H,28,32)/t25-/m0/s1. The first-order chi connectivity index (χ1) is 16.6. The number of fused-ring (bicyclic) bond motifs is 1. The lowest BCUT2D eigenvalue weighted by Crippen LogP contribution is -2.33. The molecule has 2 amide bonds. The minimum absolute atomic E-state index is 0.0262. The second-order valence-corrected chi connectivity index (χ2v) is 10.2. The van der Waals surface area contributed by atoms with Gasteiger partial charge in [0, 0.05) is 24.5 Å². The van der Waals surface area contributed by atoms with E-state index < -0.39 is 16.1 Å². The van der Waals surface area contributed by atoms with Crippen LogP contribution in [0.5, 0.6) is 0 Å². The zero-order chi connectivity index (χ0) is 25.2. The van der Waals surface area contributed by atoms with Crippen LogP contribution in [0.2, 0.25) is 0 Å². The highest BCUT2D eigenvalue weighted by molar-refractivity contribution is 7.92. The fraction of sp³-hybridized carbons (Fsp3) is 0.185. The van der Waals surface area contributed by atoms with E-state index in [2.05, 4.69) is 10.0 Å². The van der Waals surface area contributed by atoms with E-state index in [4.69, 9.17) is 0 Å². The van der Waals surface area contributed by atoms with Crippen LogP contribution in [0.4, 0.5) is 11.4 Å². The average Bonchev–Trinajstić information content (AvgIpc) is 2.80. The van der Waals surface area contributed by atoms with E-state index >= 15 is 0 Å². The number of anilines is 2. The number of amides is 2. The van der Waals surface area contributed by atoms with Crippen LogP contribution in [0.15, 0.2) is 77.8 Å². The van der Waals surface area contributed by atoms with Crippen molar-refractivity contribution in [3.05, 3.63) is 95.2 Å². The summed E-state index contributed by atoms with van der Waals surface area (Å²) in [5.74, 6) is -0.496. The van der Waals surface area contributed by atoms with Gasteiger partial charge in [0.05, 0.1) is 17.4 Å². The molecule has 1 aliphatic heterocycles. The molecule has 7 nitrogen and oxygen atoms in total. The van der Waals surface area contributed by atoms with Gasteiger partial charge in [0.1, 0.15) is 0 Å². The molecule has 180 valence electrons. The third kappa shape index (κ3) is 5.44. The summed E-state index contributed by atoms with van der Waals surface area (Å²) in [7, 11) is -3.87. The summed E-state index contributed by atoms with van der Waals surface area (Å²) in [5.41, 5.74) is 4.15. The molecule has 2 N–H and O–H groups in total. The van der Waals surface area contributed by atoms with Crippen molar-refractivity contribution in [2.75, 3.05) is 10.0 Å². The van der Waals surface area contributed by atoms with Gasteiger partial charge in [0.25, 0.3) is 10.0 Å². The third-order valence-corrected chi connectivity index (χ3v) is 7.40. The number of hydrogen-bond acceptors (Lipinski definition) is 4. The van der Waals surface area contributed by atoms with E-state index in [0.717, 1.165) is 16.7 Å². The molecule has 0 fully saturated rings. The Balaban J connectivity index is 1.55. The van der Waals surface area contributed by atoms with Crippen LogP contribution in [-0.4, -0.2) is 25.1 Å². The number of sulfonamides is 1. The van der Waals surface area contributed by atoms with Crippen molar-refractivity contribution < 1.29 is 18.0 Å². The molecule has 4 rings (SSSR count). The Morgan fingerprint density at radius 2 is 1.71 bits per heavy atom. The number of rotatable bonds is 6. The van der Waals surface area contributed by atoms with E-state index in [1.807, 2.05) is 43.3 Å². The van der Waals surface area contributed by atoms with Gasteiger partial charge in [0.15, 0.2) is 0 Å². The van der Waals surface area contributed by atoms with E-state index in [1.165, 1.54) is 13.0 Å². The van der Waals surface area contributed by atoms with Gasteiger partial charge in [-0.2, -0.15) is 0 Å². The Kier molecular flexibility index (Phi) is 6.75. The Labute approximate surface area is 205 Å². The largest absolute Gasteiger partial charge is 0.326 e. The molecule has 8 heteroatoms. The van der Waals surface area contributed by atoms with Crippen LogP contribution in [0.1, 0.15) is 41.6 Å². The van der Waals surface area contributed by atoms with Crippen molar-refractivity contribution in [1.29, 1.82) is 0 Å². The molecule has 0 radical (unpaired) electrons. The van der Waals surface area contributed by atoms with Gasteiger partial charge in [-0.05, 0) is 66.4 Å². The van der Waals surface area contributed by atoms with Crippen LogP contribution in [0, 0.1) is 13.8 Å². The highest BCUT2D eigenvalue weighted by Crippen LogP contribution is 2.33. The number of nitrogens with zero attached hydrogens (tertiary/aromatic N) is 1. The number of carbonyl (C=O) groups is 2. The molecule has 0 bridgehead atoms. The molecule has 0 aromatic heterocycles. The van der Waals surface area contributed by atoms with Crippen LogP contribution in [0.3, 0.4) is 0 Å². The number of hydrogen-bond donors (Lipinski definition) is 2. The van der Waals surface area contributed by atoms with Crippen molar-refractivity contribution in [3.63, 3.8) is 0 Å². The second kappa shape index (κ2) is 9.76. The average molecular weight is 490 g/mol. The highest BCUT2D eigenvalue weighted by Gasteiger charge is 2.28.